The maximum absolute atomic E-state index is 5.72. The highest BCUT2D eigenvalue weighted by Gasteiger charge is 2.01. The van der Waals surface area contributed by atoms with Crippen LogP contribution in [0.15, 0.2) is 24.4 Å². The first kappa shape index (κ1) is 12.3. The van der Waals surface area contributed by atoms with Crippen LogP contribution in [0.5, 0.6) is 0 Å². The molecule has 0 aromatic carbocycles. The molecule has 0 saturated heterocycles. The lowest BCUT2D eigenvalue weighted by molar-refractivity contribution is 0.936. The summed E-state index contributed by atoms with van der Waals surface area (Å²) in [4.78, 5) is 12.7. The van der Waals surface area contributed by atoms with E-state index in [9.17, 15) is 0 Å². The molecule has 0 aliphatic heterocycles. The number of nitrogens with zero attached hydrogens (tertiary/aromatic N) is 3. The Morgan fingerprint density at radius 1 is 1.28 bits per heavy atom. The van der Waals surface area contributed by atoms with E-state index in [1.54, 1.807) is 6.07 Å². The van der Waals surface area contributed by atoms with Crippen LogP contribution in [-0.4, -0.2) is 15.0 Å². The molecule has 3 N–H and O–H groups in total. The Bertz CT molecular complexity index is 521. The first-order chi connectivity index (χ1) is 8.67. The van der Waals surface area contributed by atoms with Gasteiger partial charge in [0.15, 0.2) is 0 Å². The van der Waals surface area contributed by atoms with E-state index < -0.39 is 0 Å². The van der Waals surface area contributed by atoms with Crippen LogP contribution in [0, 0.1) is 6.92 Å². The van der Waals surface area contributed by atoms with Gasteiger partial charge in [-0.3, -0.25) is 4.98 Å². The summed E-state index contributed by atoms with van der Waals surface area (Å²) in [6.45, 7) is 4.64. The monoisotopic (exact) mass is 243 g/mol. The first-order valence-electron chi connectivity index (χ1n) is 5.96. The van der Waals surface area contributed by atoms with E-state index in [2.05, 4.69) is 20.3 Å². The van der Waals surface area contributed by atoms with E-state index in [-0.39, 0.29) is 0 Å². The van der Waals surface area contributed by atoms with Gasteiger partial charge >= 0.3 is 0 Å². The van der Waals surface area contributed by atoms with Gasteiger partial charge in [-0.15, -0.1) is 0 Å². The third kappa shape index (κ3) is 3.16. The van der Waals surface area contributed by atoms with Crippen molar-refractivity contribution < 1.29 is 0 Å². The van der Waals surface area contributed by atoms with Crippen LogP contribution in [0.25, 0.3) is 0 Å². The lowest BCUT2D eigenvalue weighted by Gasteiger charge is -2.07. The Balaban J connectivity index is 2.05. The number of hydrogen-bond acceptors (Lipinski definition) is 5. The Morgan fingerprint density at radius 2 is 2.11 bits per heavy atom. The van der Waals surface area contributed by atoms with Crippen molar-refractivity contribution >= 4 is 11.6 Å². The Morgan fingerprint density at radius 3 is 2.78 bits per heavy atom. The molecule has 0 fully saturated rings. The van der Waals surface area contributed by atoms with E-state index >= 15 is 0 Å². The highest BCUT2D eigenvalue weighted by Crippen LogP contribution is 2.10. The van der Waals surface area contributed by atoms with Crippen LogP contribution in [0.3, 0.4) is 0 Å². The Kier molecular flexibility index (Phi) is 3.72. The van der Waals surface area contributed by atoms with Gasteiger partial charge in [0.05, 0.1) is 0 Å². The van der Waals surface area contributed by atoms with Crippen molar-refractivity contribution in [2.75, 3.05) is 11.1 Å². The van der Waals surface area contributed by atoms with Gasteiger partial charge in [0.1, 0.15) is 17.5 Å². The van der Waals surface area contributed by atoms with Crippen molar-refractivity contribution in [3.63, 3.8) is 0 Å². The Labute approximate surface area is 106 Å². The largest absolute Gasteiger partial charge is 0.384 e. The molecular formula is C13H17N5. The summed E-state index contributed by atoms with van der Waals surface area (Å²) < 4.78 is 0. The van der Waals surface area contributed by atoms with Gasteiger partial charge in [-0.05, 0) is 18.6 Å². The smallest absolute Gasteiger partial charge is 0.132 e. The van der Waals surface area contributed by atoms with Crippen LogP contribution in [0.1, 0.15) is 24.0 Å². The molecule has 2 aromatic rings. The molecular weight excluding hydrogens is 226 g/mol. The van der Waals surface area contributed by atoms with Crippen LogP contribution in [0.4, 0.5) is 11.6 Å². The molecule has 2 heterocycles. The number of anilines is 2. The van der Waals surface area contributed by atoms with Gasteiger partial charge in [0, 0.05) is 30.9 Å². The summed E-state index contributed by atoms with van der Waals surface area (Å²) in [5.41, 5.74) is 7.84. The van der Waals surface area contributed by atoms with E-state index in [1.807, 2.05) is 32.2 Å². The standard InChI is InChI=1S/C13H17N5/c1-3-12-17-11(14)6-13(18-12)16-8-10-5-4-9(2)15-7-10/h4-7H,3,8H2,1-2H3,(H3,14,16,17,18). The molecule has 2 aromatic heterocycles. The molecule has 94 valence electrons. The van der Waals surface area contributed by atoms with Gasteiger partial charge in [-0.1, -0.05) is 13.0 Å². The predicted octanol–water partition coefficient (Wildman–Crippen LogP) is 1.94. The topological polar surface area (TPSA) is 76.7 Å². The van der Waals surface area contributed by atoms with Crippen molar-refractivity contribution in [2.45, 2.75) is 26.8 Å². The minimum Gasteiger partial charge on any atom is -0.384 e. The lowest BCUT2D eigenvalue weighted by atomic mass is 10.2. The Hall–Kier alpha value is -2.17. The predicted molar refractivity (Wildman–Crippen MR) is 72.1 cm³/mol. The van der Waals surface area contributed by atoms with Crippen LogP contribution in [-0.2, 0) is 13.0 Å². The maximum atomic E-state index is 5.72. The summed E-state index contributed by atoms with van der Waals surface area (Å²) >= 11 is 0. The molecule has 2 rings (SSSR count). The number of aromatic nitrogens is 3. The zero-order valence-electron chi connectivity index (χ0n) is 10.6. The van der Waals surface area contributed by atoms with Crippen molar-refractivity contribution in [1.29, 1.82) is 0 Å². The fourth-order valence-electron chi connectivity index (χ4n) is 1.56. The summed E-state index contributed by atoms with van der Waals surface area (Å²) in [5, 5.41) is 3.22. The van der Waals surface area contributed by atoms with Gasteiger partial charge in [-0.2, -0.15) is 0 Å². The van der Waals surface area contributed by atoms with Crippen molar-refractivity contribution in [2.24, 2.45) is 0 Å². The van der Waals surface area contributed by atoms with Gasteiger partial charge in [0.2, 0.25) is 0 Å². The number of rotatable bonds is 4. The van der Waals surface area contributed by atoms with Crippen molar-refractivity contribution in [3.8, 4) is 0 Å². The van der Waals surface area contributed by atoms with Crippen LogP contribution >= 0.6 is 0 Å². The average molecular weight is 243 g/mol. The molecule has 0 amide bonds. The maximum Gasteiger partial charge on any atom is 0.132 e. The minimum atomic E-state index is 0.492. The highest BCUT2D eigenvalue weighted by atomic mass is 15.0. The number of nitrogen functional groups attached to an aromatic ring is 1. The summed E-state index contributed by atoms with van der Waals surface area (Å²) in [6.07, 6.45) is 2.62. The number of nitrogens with one attached hydrogen (secondary N) is 1. The molecule has 0 aliphatic rings. The van der Waals surface area contributed by atoms with Gasteiger partial charge in [0.25, 0.3) is 0 Å². The number of hydrogen-bond donors (Lipinski definition) is 2. The van der Waals surface area contributed by atoms with Crippen LogP contribution in [0.2, 0.25) is 0 Å². The van der Waals surface area contributed by atoms with E-state index in [4.69, 9.17) is 5.73 Å². The minimum absolute atomic E-state index is 0.492. The zero-order chi connectivity index (χ0) is 13.0. The second-order valence-electron chi connectivity index (χ2n) is 4.11. The number of aryl methyl sites for hydroxylation is 2. The molecule has 5 nitrogen and oxygen atoms in total. The van der Waals surface area contributed by atoms with E-state index in [1.165, 1.54) is 0 Å². The normalized spacial score (nSPS) is 10.3. The molecule has 5 heteroatoms. The first-order valence-corrected chi connectivity index (χ1v) is 5.96. The van der Waals surface area contributed by atoms with Gasteiger partial charge in [-0.25, -0.2) is 9.97 Å². The zero-order valence-corrected chi connectivity index (χ0v) is 10.6. The quantitative estimate of drug-likeness (QED) is 0.858. The SMILES string of the molecule is CCc1nc(N)cc(NCc2ccc(C)nc2)n1. The van der Waals surface area contributed by atoms with Gasteiger partial charge < -0.3 is 11.1 Å². The van der Waals surface area contributed by atoms with E-state index in [0.717, 1.165) is 29.3 Å². The fourth-order valence-corrected chi connectivity index (χ4v) is 1.56. The fraction of sp³-hybridized carbons (Fsp3) is 0.308. The molecule has 0 aliphatic carbocycles. The average Bonchev–Trinajstić information content (AvgIpc) is 2.37. The van der Waals surface area contributed by atoms with E-state index in [0.29, 0.717) is 12.4 Å². The molecule has 0 saturated carbocycles. The molecule has 0 bridgehead atoms. The lowest BCUT2D eigenvalue weighted by Crippen LogP contribution is -2.06. The van der Waals surface area contributed by atoms with Crippen molar-refractivity contribution in [1.82, 2.24) is 15.0 Å². The summed E-state index contributed by atoms with van der Waals surface area (Å²) in [6, 6.07) is 5.77. The molecule has 0 unspecified atom stereocenters. The molecule has 0 spiro atoms. The van der Waals surface area contributed by atoms with Crippen molar-refractivity contribution in [3.05, 3.63) is 41.5 Å². The molecule has 18 heavy (non-hydrogen) atoms. The summed E-state index contributed by atoms with van der Waals surface area (Å²) in [5.74, 6) is 1.99. The highest BCUT2D eigenvalue weighted by molar-refractivity contribution is 5.45. The second kappa shape index (κ2) is 5.44. The summed E-state index contributed by atoms with van der Waals surface area (Å²) in [7, 11) is 0. The second-order valence-corrected chi connectivity index (χ2v) is 4.11. The third-order valence-electron chi connectivity index (χ3n) is 2.55. The number of nitrogens with two attached hydrogens (primary N) is 1. The number of pyridine rings is 1. The molecule has 0 atom stereocenters. The molecule has 0 radical (unpaired) electrons. The third-order valence-corrected chi connectivity index (χ3v) is 2.55. The van der Waals surface area contributed by atoms with Crippen LogP contribution < -0.4 is 11.1 Å².